The van der Waals surface area contributed by atoms with Gasteiger partial charge in [0.2, 0.25) is 0 Å². The van der Waals surface area contributed by atoms with Crippen molar-refractivity contribution in [3.05, 3.63) is 0 Å². The SMILES string of the molecule is CCCNC1(CO)CCC(C)C1. The highest BCUT2D eigenvalue weighted by atomic mass is 16.3. The molecule has 72 valence electrons. The molecule has 0 amide bonds. The number of nitrogens with one attached hydrogen (secondary N) is 1. The molecular formula is C10H21NO. The number of rotatable bonds is 4. The molecule has 0 saturated heterocycles. The Hall–Kier alpha value is -0.0800. The van der Waals surface area contributed by atoms with Crippen LogP contribution in [0.2, 0.25) is 0 Å². The van der Waals surface area contributed by atoms with Gasteiger partial charge in [-0.3, -0.25) is 0 Å². The van der Waals surface area contributed by atoms with E-state index in [-0.39, 0.29) is 5.54 Å². The van der Waals surface area contributed by atoms with Crippen LogP contribution in [0, 0.1) is 5.92 Å². The van der Waals surface area contributed by atoms with Crippen LogP contribution in [0.3, 0.4) is 0 Å². The average Bonchev–Trinajstić information content (AvgIpc) is 2.45. The van der Waals surface area contributed by atoms with Crippen molar-refractivity contribution in [2.75, 3.05) is 13.2 Å². The fourth-order valence-corrected chi connectivity index (χ4v) is 2.14. The van der Waals surface area contributed by atoms with Crippen LogP contribution in [0.4, 0.5) is 0 Å². The summed E-state index contributed by atoms with van der Waals surface area (Å²) in [7, 11) is 0. The second-order valence-corrected chi connectivity index (χ2v) is 4.21. The van der Waals surface area contributed by atoms with Crippen LogP contribution in [0.5, 0.6) is 0 Å². The maximum Gasteiger partial charge on any atom is 0.0613 e. The van der Waals surface area contributed by atoms with Crippen molar-refractivity contribution < 1.29 is 5.11 Å². The van der Waals surface area contributed by atoms with E-state index in [0.717, 1.165) is 31.7 Å². The molecule has 0 aromatic carbocycles. The first kappa shape index (κ1) is 10.0. The molecule has 0 aliphatic heterocycles. The molecule has 1 aliphatic rings. The van der Waals surface area contributed by atoms with Crippen LogP contribution < -0.4 is 5.32 Å². The third kappa shape index (κ3) is 2.20. The fraction of sp³-hybridized carbons (Fsp3) is 1.00. The summed E-state index contributed by atoms with van der Waals surface area (Å²) in [6, 6.07) is 0. The van der Waals surface area contributed by atoms with Gasteiger partial charge in [-0.15, -0.1) is 0 Å². The van der Waals surface area contributed by atoms with E-state index < -0.39 is 0 Å². The Labute approximate surface area is 75.4 Å². The molecule has 2 N–H and O–H groups in total. The van der Waals surface area contributed by atoms with E-state index in [1.807, 2.05) is 0 Å². The van der Waals surface area contributed by atoms with E-state index in [4.69, 9.17) is 0 Å². The highest BCUT2D eigenvalue weighted by Crippen LogP contribution is 2.33. The lowest BCUT2D eigenvalue weighted by Crippen LogP contribution is -2.46. The van der Waals surface area contributed by atoms with Gasteiger partial charge in [0.05, 0.1) is 6.61 Å². The van der Waals surface area contributed by atoms with Gasteiger partial charge in [-0.1, -0.05) is 13.8 Å². The second kappa shape index (κ2) is 4.24. The molecular weight excluding hydrogens is 150 g/mol. The number of aliphatic hydroxyl groups is 1. The van der Waals surface area contributed by atoms with E-state index in [1.54, 1.807) is 0 Å². The minimum Gasteiger partial charge on any atom is -0.394 e. The summed E-state index contributed by atoms with van der Waals surface area (Å²) in [5, 5.41) is 12.8. The molecule has 0 bridgehead atoms. The number of hydrogen-bond donors (Lipinski definition) is 2. The molecule has 1 fully saturated rings. The van der Waals surface area contributed by atoms with Crippen LogP contribution in [0.25, 0.3) is 0 Å². The van der Waals surface area contributed by atoms with Gasteiger partial charge in [-0.25, -0.2) is 0 Å². The Morgan fingerprint density at radius 3 is 2.75 bits per heavy atom. The molecule has 1 rings (SSSR count). The van der Waals surface area contributed by atoms with E-state index in [2.05, 4.69) is 19.2 Å². The van der Waals surface area contributed by atoms with E-state index in [9.17, 15) is 5.11 Å². The van der Waals surface area contributed by atoms with Crippen molar-refractivity contribution in [2.24, 2.45) is 5.92 Å². The van der Waals surface area contributed by atoms with Gasteiger partial charge in [0.25, 0.3) is 0 Å². The van der Waals surface area contributed by atoms with E-state index in [1.165, 1.54) is 6.42 Å². The van der Waals surface area contributed by atoms with Gasteiger partial charge in [-0.2, -0.15) is 0 Å². The van der Waals surface area contributed by atoms with Crippen LogP contribution in [-0.2, 0) is 0 Å². The third-order valence-corrected chi connectivity index (χ3v) is 2.91. The summed E-state index contributed by atoms with van der Waals surface area (Å²) in [5.74, 6) is 0.779. The van der Waals surface area contributed by atoms with Gasteiger partial charge >= 0.3 is 0 Å². The molecule has 0 spiro atoms. The fourth-order valence-electron chi connectivity index (χ4n) is 2.14. The van der Waals surface area contributed by atoms with Gasteiger partial charge in [0, 0.05) is 5.54 Å². The summed E-state index contributed by atoms with van der Waals surface area (Å²) in [5.41, 5.74) is 0.0649. The molecule has 0 heterocycles. The number of aliphatic hydroxyl groups excluding tert-OH is 1. The van der Waals surface area contributed by atoms with E-state index >= 15 is 0 Å². The first-order valence-electron chi connectivity index (χ1n) is 5.08. The topological polar surface area (TPSA) is 32.3 Å². The van der Waals surface area contributed by atoms with Gasteiger partial charge < -0.3 is 10.4 Å². The summed E-state index contributed by atoms with van der Waals surface area (Å²) in [4.78, 5) is 0. The standard InChI is InChI=1S/C10H21NO/c1-3-6-11-10(8-12)5-4-9(2)7-10/h9,11-12H,3-8H2,1-2H3. The third-order valence-electron chi connectivity index (χ3n) is 2.91. The maximum atomic E-state index is 9.30. The second-order valence-electron chi connectivity index (χ2n) is 4.21. The minimum atomic E-state index is 0.0649. The first-order chi connectivity index (χ1) is 5.72. The molecule has 2 heteroatoms. The molecule has 12 heavy (non-hydrogen) atoms. The summed E-state index contributed by atoms with van der Waals surface area (Å²) in [6.45, 7) is 5.77. The van der Waals surface area contributed by atoms with Crippen LogP contribution in [0.15, 0.2) is 0 Å². The molecule has 2 unspecified atom stereocenters. The average molecular weight is 171 g/mol. The molecule has 0 aromatic rings. The van der Waals surface area contributed by atoms with Crippen molar-refractivity contribution in [3.63, 3.8) is 0 Å². The number of hydrogen-bond acceptors (Lipinski definition) is 2. The Morgan fingerprint density at radius 2 is 2.33 bits per heavy atom. The van der Waals surface area contributed by atoms with Crippen LogP contribution in [0.1, 0.15) is 39.5 Å². The molecule has 2 atom stereocenters. The molecule has 1 aliphatic carbocycles. The zero-order chi connectivity index (χ0) is 9.03. The highest BCUT2D eigenvalue weighted by molar-refractivity contribution is 4.94. The molecule has 1 saturated carbocycles. The zero-order valence-corrected chi connectivity index (χ0v) is 8.27. The lowest BCUT2D eigenvalue weighted by molar-refractivity contribution is 0.161. The van der Waals surface area contributed by atoms with Gasteiger partial charge in [-0.05, 0) is 38.1 Å². The Kier molecular flexibility index (Phi) is 3.53. The minimum absolute atomic E-state index is 0.0649. The predicted molar refractivity (Wildman–Crippen MR) is 51.1 cm³/mol. The molecule has 2 nitrogen and oxygen atoms in total. The van der Waals surface area contributed by atoms with Crippen molar-refractivity contribution in [3.8, 4) is 0 Å². The molecule has 0 aromatic heterocycles. The smallest absolute Gasteiger partial charge is 0.0613 e. The van der Waals surface area contributed by atoms with Crippen molar-refractivity contribution in [1.29, 1.82) is 0 Å². The van der Waals surface area contributed by atoms with Crippen LogP contribution >= 0.6 is 0 Å². The Bertz CT molecular complexity index is 138. The quantitative estimate of drug-likeness (QED) is 0.672. The van der Waals surface area contributed by atoms with Crippen molar-refractivity contribution in [1.82, 2.24) is 5.32 Å². The van der Waals surface area contributed by atoms with E-state index in [0.29, 0.717) is 6.61 Å². The summed E-state index contributed by atoms with van der Waals surface area (Å²) in [6.07, 6.45) is 4.70. The molecule has 0 radical (unpaired) electrons. The lowest BCUT2D eigenvalue weighted by atomic mass is 9.97. The summed E-state index contributed by atoms with van der Waals surface area (Å²) < 4.78 is 0. The van der Waals surface area contributed by atoms with Crippen molar-refractivity contribution in [2.45, 2.75) is 45.1 Å². The maximum absolute atomic E-state index is 9.30. The summed E-state index contributed by atoms with van der Waals surface area (Å²) >= 11 is 0. The lowest BCUT2D eigenvalue weighted by Gasteiger charge is -2.28. The monoisotopic (exact) mass is 171 g/mol. The van der Waals surface area contributed by atoms with Crippen LogP contribution in [-0.4, -0.2) is 23.8 Å². The zero-order valence-electron chi connectivity index (χ0n) is 8.27. The first-order valence-corrected chi connectivity index (χ1v) is 5.08. The van der Waals surface area contributed by atoms with Gasteiger partial charge in [0.1, 0.15) is 0 Å². The Morgan fingerprint density at radius 1 is 1.58 bits per heavy atom. The Balaban J connectivity index is 2.41. The largest absolute Gasteiger partial charge is 0.394 e. The predicted octanol–water partition coefficient (Wildman–Crippen LogP) is 1.54. The van der Waals surface area contributed by atoms with Gasteiger partial charge in [0.15, 0.2) is 0 Å². The normalized spacial score (nSPS) is 35.8. The van der Waals surface area contributed by atoms with Crippen molar-refractivity contribution >= 4 is 0 Å². The highest BCUT2D eigenvalue weighted by Gasteiger charge is 2.35.